The van der Waals surface area contributed by atoms with Crippen LogP contribution < -0.4 is 0 Å². The van der Waals surface area contributed by atoms with Gasteiger partial charge >= 0.3 is 5.97 Å². The predicted octanol–water partition coefficient (Wildman–Crippen LogP) is 4.11. The van der Waals surface area contributed by atoms with Gasteiger partial charge in [-0.2, -0.15) is 0 Å². The first-order valence-electron chi connectivity index (χ1n) is 8.04. The highest BCUT2D eigenvalue weighted by molar-refractivity contribution is 5.70. The van der Waals surface area contributed by atoms with Crippen molar-refractivity contribution in [3.63, 3.8) is 0 Å². The second kappa shape index (κ2) is 9.38. The van der Waals surface area contributed by atoms with Gasteiger partial charge in [-0.3, -0.25) is 4.79 Å². The Hall–Kier alpha value is -0.570. The second-order valence-electron chi connectivity index (χ2n) is 7.54. The van der Waals surface area contributed by atoms with Gasteiger partial charge in [-0.05, 0) is 58.5 Å². The number of esters is 1. The van der Waals surface area contributed by atoms with Crippen LogP contribution in [-0.4, -0.2) is 36.1 Å². The minimum absolute atomic E-state index is 0.0865. The minimum atomic E-state index is -0.377. The molecule has 3 heteroatoms. The van der Waals surface area contributed by atoms with Gasteiger partial charge in [0, 0.05) is 6.54 Å². The van der Waals surface area contributed by atoms with E-state index in [2.05, 4.69) is 32.6 Å². The van der Waals surface area contributed by atoms with E-state index in [0.717, 1.165) is 19.6 Å². The molecule has 0 bridgehead atoms. The van der Waals surface area contributed by atoms with E-state index in [-0.39, 0.29) is 11.6 Å². The molecule has 0 aliphatic carbocycles. The van der Waals surface area contributed by atoms with Crippen molar-refractivity contribution in [3.8, 4) is 0 Å². The quantitative estimate of drug-likeness (QED) is 0.597. The molecule has 0 fully saturated rings. The Morgan fingerprint density at radius 1 is 0.950 bits per heavy atom. The van der Waals surface area contributed by atoms with E-state index in [0.29, 0.717) is 18.3 Å². The average molecular weight is 285 g/mol. The van der Waals surface area contributed by atoms with Crippen LogP contribution in [0.1, 0.15) is 67.7 Å². The maximum absolute atomic E-state index is 11.8. The summed E-state index contributed by atoms with van der Waals surface area (Å²) in [6.45, 7) is 17.7. The van der Waals surface area contributed by atoms with Crippen molar-refractivity contribution in [2.75, 3.05) is 19.6 Å². The highest BCUT2D eigenvalue weighted by Crippen LogP contribution is 2.10. The molecule has 0 saturated carbocycles. The Bertz CT molecular complexity index is 255. The highest BCUT2D eigenvalue weighted by Gasteiger charge is 2.17. The maximum atomic E-state index is 11.8. The van der Waals surface area contributed by atoms with Gasteiger partial charge in [0.15, 0.2) is 0 Å². The number of nitrogens with zero attached hydrogens (tertiary/aromatic N) is 1. The summed E-state index contributed by atoms with van der Waals surface area (Å²) in [6.07, 6.45) is 2.87. The number of hydrogen-bond acceptors (Lipinski definition) is 3. The maximum Gasteiger partial charge on any atom is 0.307 e. The Morgan fingerprint density at radius 2 is 1.40 bits per heavy atom. The molecule has 0 amide bonds. The lowest BCUT2D eigenvalue weighted by Gasteiger charge is -2.25. The number of carbonyl (C=O) groups is 1. The molecule has 0 N–H and O–H groups in total. The van der Waals surface area contributed by atoms with Gasteiger partial charge < -0.3 is 9.64 Å². The largest absolute Gasteiger partial charge is 0.460 e. The topological polar surface area (TPSA) is 29.5 Å². The van der Waals surface area contributed by atoms with Crippen LogP contribution in [0.15, 0.2) is 0 Å². The molecular weight excluding hydrogens is 250 g/mol. The summed E-state index contributed by atoms with van der Waals surface area (Å²) < 4.78 is 5.37. The van der Waals surface area contributed by atoms with Crippen LogP contribution in [0.25, 0.3) is 0 Å². The monoisotopic (exact) mass is 285 g/mol. The molecular formula is C17H35NO2. The Kier molecular flexibility index (Phi) is 9.11. The van der Waals surface area contributed by atoms with Crippen LogP contribution in [0.2, 0.25) is 0 Å². The molecule has 0 saturated heterocycles. The number of hydrogen-bond donors (Lipinski definition) is 0. The molecule has 0 aliphatic rings. The summed E-state index contributed by atoms with van der Waals surface area (Å²) in [5.74, 6) is 1.33. The molecule has 120 valence electrons. The van der Waals surface area contributed by atoms with Crippen molar-refractivity contribution in [1.29, 1.82) is 0 Å². The summed E-state index contributed by atoms with van der Waals surface area (Å²) in [6, 6.07) is 0. The van der Waals surface area contributed by atoms with E-state index in [9.17, 15) is 4.79 Å². The van der Waals surface area contributed by atoms with Gasteiger partial charge in [-0.25, -0.2) is 0 Å². The highest BCUT2D eigenvalue weighted by atomic mass is 16.6. The van der Waals surface area contributed by atoms with Crippen LogP contribution in [0.5, 0.6) is 0 Å². The average Bonchev–Trinajstić information content (AvgIpc) is 2.24. The lowest BCUT2D eigenvalue weighted by molar-refractivity contribution is -0.155. The van der Waals surface area contributed by atoms with Gasteiger partial charge in [0.2, 0.25) is 0 Å². The van der Waals surface area contributed by atoms with Crippen LogP contribution >= 0.6 is 0 Å². The van der Waals surface area contributed by atoms with E-state index in [4.69, 9.17) is 4.74 Å². The zero-order valence-corrected chi connectivity index (χ0v) is 14.7. The number of ether oxygens (including phenoxy) is 1. The summed E-state index contributed by atoms with van der Waals surface area (Å²) in [7, 11) is 0. The molecule has 0 rings (SSSR count). The van der Waals surface area contributed by atoms with Crippen molar-refractivity contribution >= 4 is 5.97 Å². The number of rotatable bonds is 9. The van der Waals surface area contributed by atoms with E-state index >= 15 is 0 Å². The Labute approximate surface area is 126 Å². The normalized spacial score (nSPS) is 12.5. The van der Waals surface area contributed by atoms with Crippen LogP contribution in [0.3, 0.4) is 0 Å². The van der Waals surface area contributed by atoms with E-state index in [1.165, 1.54) is 12.8 Å². The third kappa shape index (κ3) is 12.5. The fourth-order valence-corrected chi connectivity index (χ4v) is 1.86. The van der Waals surface area contributed by atoms with Crippen molar-refractivity contribution in [2.24, 2.45) is 11.8 Å². The van der Waals surface area contributed by atoms with E-state index in [1.54, 1.807) is 0 Å². The predicted molar refractivity (Wildman–Crippen MR) is 85.8 cm³/mol. The lowest BCUT2D eigenvalue weighted by atomic mass is 10.1. The molecule has 0 radical (unpaired) electrons. The van der Waals surface area contributed by atoms with Crippen LogP contribution in [0.4, 0.5) is 0 Å². The van der Waals surface area contributed by atoms with Gasteiger partial charge in [-0.1, -0.05) is 27.7 Å². The zero-order chi connectivity index (χ0) is 15.8. The zero-order valence-electron chi connectivity index (χ0n) is 14.7. The second-order valence-corrected chi connectivity index (χ2v) is 7.54. The summed E-state index contributed by atoms with van der Waals surface area (Å²) in [5, 5.41) is 0. The molecule has 0 unspecified atom stereocenters. The molecule has 0 atom stereocenters. The van der Waals surface area contributed by atoms with Crippen molar-refractivity contribution < 1.29 is 9.53 Å². The molecule has 0 aromatic carbocycles. The minimum Gasteiger partial charge on any atom is -0.460 e. The fraction of sp³-hybridized carbons (Fsp3) is 0.941. The van der Waals surface area contributed by atoms with Gasteiger partial charge in [0.25, 0.3) is 0 Å². The summed E-state index contributed by atoms with van der Waals surface area (Å²) in [5.41, 5.74) is -0.377. The van der Waals surface area contributed by atoms with Crippen LogP contribution in [-0.2, 0) is 9.53 Å². The van der Waals surface area contributed by atoms with Crippen molar-refractivity contribution in [2.45, 2.75) is 73.3 Å². The fourth-order valence-electron chi connectivity index (χ4n) is 1.86. The van der Waals surface area contributed by atoms with Crippen LogP contribution in [0, 0.1) is 11.8 Å². The van der Waals surface area contributed by atoms with E-state index < -0.39 is 0 Å². The van der Waals surface area contributed by atoms with Crippen molar-refractivity contribution in [3.05, 3.63) is 0 Å². The first-order valence-corrected chi connectivity index (χ1v) is 8.04. The SMILES string of the molecule is CC(C)CCN(CCC(=O)OC(C)(C)C)CCC(C)C. The smallest absolute Gasteiger partial charge is 0.307 e. The van der Waals surface area contributed by atoms with E-state index in [1.807, 2.05) is 20.8 Å². The Balaban J connectivity index is 4.16. The lowest BCUT2D eigenvalue weighted by Crippen LogP contribution is -2.32. The summed E-state index contributed by atoms with van der Waals surface area (Å²) in [4.78, 5) is 14.2. The van der Waals surface area contributed by atoms with Gasteiger partial charge in [-0.15, -0.1) is 0 Å². The van der Waals surface area contributed by atoms with Gasteiger partial charge in [0.1, 0.15) is 5.60 Å². The molecule has 0 aliphatic heterocycles. The first-order chi connectivity index (χ1) is 9.10. The molecule has 0 aromatic rings. The third-order valence-corrected chi connectivity index (χ3v) is 3.10. The van der Waals surface area contributed by atoms with Gasteiger partial charge in [0.05, 0.1) is 6.42 Å². The molecule has 0 heterocycles. The molecule has 3 nitrogen and oxygen atoms in total. The number of carbonyl (C=O) groups excluding carboxylic acids is 1. The third-order valence-electron chi connectivity index (χ3n) is 3.10. The molecule has 20 heavy (non-hydrogen) atoms. The summed E-state index contributed by atoms with van der Waals surface area (Å²) >= 11 is 0. The Morgan fingerprint density at radius 3 is 1.75 bits per heavy atom. The standard InChI is InChI=1S/C17H35NO2/c1-14(2)8-11-18(12-9-15(3)4)13-10-16(19)20-17(5,6)7/h14-15H,8-13H2,1-7H3. The van der Waals surface area contributed by atoms with Crippen molar-refractivity contribution in [1.82, 2.24) is 4.90 Å². The first kappa shape index (κ1) is 19.4. The molecule has 0 spiro atoms. The molecule has 0 aromatic heterocycles.